The molecule has 0 aromatic heterocycles. The number of nitrogens with one attached hydrogen (secondary N) is 2. The lowest BCUT2D eigenvalue weighted by Crippen LogP contribution is -2.27. The van der Waals surface area contributed by atoms with E-state index in [-0.39, 0.29) is 17.3 Å². The number of alkyl halides is 3. The number of hydrogen-bond donors (Lipinski definition) is 2. The number of amides is 1. The summed E-state index contributed by atoms with van der Waals surface area (Å²) in [5.74, 6) is -0.0508. The summed E-state index contributed by atoms with van der Waals surface area (Å²) in [6.45, 7) is 1.98. The van der Waals surface area contributed by atoms with Crippen molar-refractivity contribution in [2.75, 3.05) is 12.4 Å². The van der Waals surface area contributed by atoms with Crippen LogP contribution < -0.4 is 10.6 Å². The summed E-state index contributed by atoms with van der Waals surface area (Å²) in [6.07, 6.45) is -3.60. The van der Waals surface area contributed by atoms with Crippen molar-refractivity contribution < 1.29 is 18.0 Å². The van der Waals surface area contributed by atoms with Crippen LogP contribution in [0.15, 0.2) is 18.2 Å². The Morgan fingerprint density at radius 3 is 2.47 bits per heavy atom. The number of carbonyl (C=O) groups excluding carboxylic acids is 1. The number of rotatable bonds is 3. The second-order valence-electron chi connectivity index (χ2n) is 4.80. The smallest absolute Gasteiger partial charge is 0.388 e. The molecule has 1 amide bonds. The fourth-order valence-corrected chi connectivity index (χ4v) is 1.91. The molecule has 0 radical (unpaired) electrons. The lowest BCUT2D eigenvalue weighted by molar-refractivity contribution is -0.136. The first-order valence-corrected chi connectivity index (χ1v) is 6.02. The molecule has 6 heteroatoms. The number of carbonyl (C=O) groups is 1. The molecule has 2 atom stereocenters. The van der Waals surface area contributed by atoms with Gasteiger partial charge in [-0.2, -0.15) is 13.2 Å². The van der Waals surface area contributed by atoms with Crippen molar-refractivity contribution in [2.24, 2.45) is 5.92 Å². The molecule has 2 unspecified atom stereocenters. The highest BCUT2D eigenvalue weighted by Crippen LogP contribution is 2.35. The molecule has 0 saturated heterocycles. The highest BCUT2D eigenvalue weighted by Gasteiger charge is 2.36. The van der Waals surface area contributed by atoms with Gasteiger partial charge in [0, 0.05) is 24.3 Å². The topological polar surface area (TPSA) is 41.1 Å². The molecule has 2 rings (SSSR count). The number of hydrogen-bond acceptors (Lipinski definition) is 2. The van der Waals surface area contributed by atoms with E-state index in [1.54, 1.807) is 0 Å². The van der Waals surface area contributed by atoms with Crippen molar-refractivity contribution in [2.45, 2.75) is 25.6 Å². The summed E-state index contributed by atoms with van der Waals surface area (Å²) < 4.78 is 38.5. The molecule has 2 N–H and O–H groups in total. The quantitative estimate of drug-likeness (QED) is 0.888. The second-order valence-corrected chi connectivity index (χ2v) is 4.80. The molecule has 0 aliphatic heterocycles. The third kappa shape index (κ3) is 3.00. The molecule has 0 heterocycles. The summed E-state index contributed by atoms with van der Waals surface area (Å²) in [7, 11) is 1.41. The zero-order valence-corrected chi connectivity index (χ0v) is 10.6. The average Bonchev–Trinajstić information content (AvgIpc) is 3.02. The van der Waals surface area contributed by atoms with Gasteiger partial charge in [0.05, 0.1) is 5.56 Å². The molecular formula is C13H15F3N2O. The predicted octanol–water partition coefficient (Wildman–Crippen LogP) is 2.89. The lowest BCUT2D eigenvalue weighted by atomic mass is 10.1. The Labute approximate surface area is 109 Å². The molecular weight excluding hydrogens is 257 g/mol. The van der Waals surface area contributed by atoms with Crippen LogP contribution in [0.25, 0.3) is 0 Å². The van der Waals surface area contributed by atoms with Gasteiger partial charge in [-0.15, -0.1) is 0 Å². The first kappa shape index (κ1) is 13.7. The molecule has 1 aromatic rings. The van der Waals surface area contributed by atoms with Crippen LogP contribution in [0.4, 0.5) is 18.9 Å². The van der Waals surface area contributed by atoms with Crippen molar-refractivity contribution in [3.05, 3.63) is 29.3 Å². The first-order valence-electron chi connectivity index (χ1n) is 6.02. The highest BCUT2D eigenvalue weighted by molar-refractivity contribution is 5.95. The number of halogens is 3. The van der Waals surface area contributed by atoms with Crippen LogP contribution in [0.2, 0.25) is 0 Å². The van der Waals surface area contributed by atoms with E-state index in [0.29, 0.717) is 5.92 Å². The Hall–Kier alpha value is -1.72. The van der Waals surface area contributed by atoms with E-state index in [9.17, 15) is 18.0 Å². The van der Waals surface area contributed by atoms with Gasteiger partial charge in [0.2, 0.25) is 0 Å². The van der Waals surface area contributed by atoms with Gasteiger partial charge in [0.25, 0.3) is 5.91 Å². The second kappa shape index (κ2) is 4.75. The summed E-state index contributed by atoms with van der Waals surface area (Å²) >= 11 is 0. The average molecular weight is 272 g/mol. The maximum absolute atomic E-state index is 12.8. The van der Waals surface area contributed by atoms with Gasteiger partial charge in [-0.25, -0.2) is 0 Å². The maximum Gasteiger partial charge on any atom is 0.418 e. The minimum atomic E-state index is -4.48. The van der Waals surface area contributed by atoms with Crippen molar-refractivity contribution in [1.82, 2.24) is 5.32 Å². The molecule has 1 aliphatic rings. The minimum Gasteiger partial charge on any atom is -0.388 e. The number of benzene rings is 1. The Kier molecular flexibility index (Phi) is 3.43. The molecule has 1 aromatic carbocycles. The van der Waals surface area contributed by atoms with E-state index in [0.717, 1.165) is 12.5 Å². The van der Waals surface area contributed by atoms with E-state index in [2.05, 4.69) is 10.6 Å². The molecule has 19 heavy (non-hydrogen) atoms. The zero-order chi connectivity index (χ0) is 14.2. The molecule has 1 saturated carbocycles. The van der Waals surface area contributed by atoms with Gasteiger partial charge < -0.3 is 10.6 Å². The van der Waals surface area contributed by atoms with Crippen LogP contribution in [0, 0.1) is 5.92 Å². The van der Waals surface area contributed by atoms with Crippen molar-refractivity contribution in [3.63, 3.8) is 0 Å². The van der Waals surface area contributed by atoms with E-state index in [4.69, 9.17) is 0 Å². The Bertz CT molecular complexity index is 499. The SMILES string of the molecule is CNc1ccc(C(=O)NC2CC2C)cc1C(F)(F)F. The van der Waals surface area contributed by atoms with Gasteiger partial charge in [0.15, 0.2) is 0 Å². The highest BCUT2D eigenvalue weighted by atomic mass is 19.4. The summed E-state index contributed by atoms with van der Waals surface area (Å²) in [5.41, 5.74) is -0.833. The van der Waals surface area contributed by atoms with Crippen LogP contribution >= 0.6 is 0 Å². The van der Waals surface area contributed by atoms with Gasteiger partial charge in [0.1, 0.15) is 0 Å². The van der Waals surface area contributed by atoms with Gasteiger partial charge in [-0.3, -0.25) is 4.79 Å². The first-order chi connectivity index (χ1) is 8.82. The summed E-state index contributed by atoms with van der Waals surface area (Å²) in [6, 6.07) is 3.64. The number of anilines is 1. The Morgan fingerprint density at radius 2 is 2.00 bits per heavy atom. The van der Waals surface area contributed by atoms with Gasteiger partial charge in [-0.1, -0.05) is 6.92 Å². The van der Waals surface area contributed by atoms with Crippen LogP contribution in [0.1, 0.15) is 29.3 Å². The van der Waals surface area contributed by atoms with Crippen LogP contribution in [0.5, 0.6) is 0 Å². The Balaban J connectivity index is 2.24. The van der Waals surface area contributed by atoms with E-state index in [1.165, 1.54) is 19.2 Å². The molecule has 104 valence electrons. The van der Waals surface area contributed by atoms with Gasteiger partial charge >= 0.3 is 6.18 Å². The van der Waals surface area contributed by atoms with Gasteiger partial charge in [-0.05, 0) is 30.5 Å². The van der Waals surface area contributed by atoms with E-state index >= 15 is 0 Å². The third-order valence-corrected chi connectivity index (χ3v) is 3.28. The molecule has 1 aliphatic carbocycles. The van der Waals surface area contributed by atoms with E-state index in [1.807, 2.05) is 6.92 Å². The minimum absolute atomic E-state index is 0.0328. The van der Waals surface area contributed by atoms with Crippen LogP contribution in [-0.4, -0.2) is 19.0 Å². The summed E-state index contributed by atoms with van der Waals surface area (Å²) in [4.78, 5) is 11.8. The van der Waals surface area contributed by atoms with Crippen molar-refractivity contribution in [1.29, 1.82) is 0 Å². The largest absolute Gasteiger partial charge is 0.418 e. The lowest BCUT2D eigenvalue weighted by Gasteiger charge is -2.14. The van der Waals surface area contributed by atoms with Crippen molar-refractivity contribution >= 4 is 11.6 Å². The third-order valence-electron chi connectivity index (χ3n) is 3.28. The standard InChI is InChI=1S/C13H15F3N2O/c1-7-5-11(7)18-12(19)8-3-4-10(17-2)9(6-8)13(14,15)16/h3-4,6-7,11,17H,5H2,1-2H3,(H,18,19). The molecule has 0 spiro atoms. The monoisotopic (exact) mass is 272 g/mol. The van der Waals surface area contributed by atoms with Crippen LogP contribution in [-0.2, 0) is 6.18 Å². The summed E-state index contributed by atoms with van der Waals surface area (Å²) in [5, 5.41) is 5.19. The Morgan fingerprint density at radius 1 is 1.37 bits per heavy atom. The molecule has 0 bridgehead atoms. The zero-order valence-electron chi connectivity index (χ0n) is 10.6. The van der Waals surface area contributed by atoms with Crippen LogP contribution in [0.3, 0.4) is 0 Å². The predicted molar refractivity (Wildman–Crippen MR) is 66.0 cm³/mol. The van der Waals surface area contributed by atoms with Crippen molar-refractivity contribution in [3.8, 4) is 0 Å². The fraction of sp³-hybridized carbons (Fsp3) is 0.462. The fourth-order valence-electron chi connectivity index (χ4n) is 1.91. The maximum atomic E-state index is 12.8. The molecule has 3 nitrogen and oxygen atoms in total. The van der Waals surface area contributed by atoms with E-state index < -0.39 is 17.6 Å². The molecule has 1 fully saturated rings. The normalized spacial score (nSPS) is 21.9.